The predicted octanol–water partition coefficient (Wildman–Crippen LogP) is 3.59. The summed E-state index contributed by atoms with van der Waals surface area (Å²) >= 11 is 0. The van der Waals surface area contributed by atoms with Gasteiger partial charge in [-0.3, -0.25) is 0 Å². The van der Waals surface area contributed by atoms with Crippen LogP contribution in [0.2, 0.25) is 0 Å². The molecule has 0 aromatic heterocycles. The van der Waals surface area contributed by atoms with Gasteiger partial charge in [-0.05, 0) is 41.3 Å². The van der Waals surface area contributed by atoms with Gasteiger partial charge in [-0.15, -0.1) is 0 Å². The summed E-state index contributed by atoms with van der Waals surface area (Å²) in [6, 6.07) is 15.5. The molecule has 0 aliphatic carbocycles. The summed E-state index contributed by atoms with van der Waals surface area (Å²) in [5, 5.41) is 8.85. The lowest BCUT2D eigenvalue weighted by molar-refractivity contribution is 0.484. The Kier molecular flexibility index (Phi) is 4.84. The van der Waals surface area contributed by atoms with Crippen LogP contribution in [0.15, 0.2) is 48.5 Å². The van der Waals surface area contributed by atoms with Gasteiger partial charge in [0.05, 0.1) is 11.6 Å². The maximum atomic E-state index is 12.1. The SMILES string of the molecule is CC(C)c1cccc(OS(=O)(=O)Cc2cccc(C#N)c2)c1. The van der Waals surface area contributed by atoms with Crippen LogP contribution in [0, 0.1) is 11.3 Å². The highest BCUT2D eigenvalue weighted by molar-refractivity contribution is 7.86. The standard InChI is InChI=1S/C17H17NO3S/c1-13(2)16-7-4-8-17(10-16)21-22(19,20)12-15-6-3-5-14(9-15)11-18/h3-10,13H,12H2,1-2H3. The molecule has 0 bridgehead atoms. The zero-order valence-electron chi connectivity index (χ0n) is 12.5. The van der Waals surface area contributed by atoms with Crippen LogP contribution in [0.25, 0.3) is 0 Å². The average Bonchev–Trinajstić information content (AvgIpc) is 2.46. The number of nitriles is 1. The fourth-order valence-electron chi connectivity index (χ4n) is 2.04. The van der Waals surface area contributed by atoms with Gasteiger partial charge in [-0.1, -0.05) is 38.1 Å². The molecule has 114 valence electrons. The molecule has 22 heavy (non-hydrogen) atoms. The monoisotopic (exact) mass is 315 g/mol. The van der Waals surface area contributed by atoms with Crippen LogP contribution in [-0.4, -0.2) is 8.42 Å². The molecule has 0 saturated heterocycles. The van der Waals surface area contributed by atoms with Crippen molar-refractivity contribution < 1.29 is 12.6 Å². The number of nitrogens with zero attached hydrogens (tertiary/aromatic N) is 1. The Morgan fingerprint density at radius 2 is 1.86 bits per heavy atom. The van der Waals surface area contributed by atoms with Crippen LogP contribution in [0.5, 0.6) is 5.75 Å². The molecule has 0 aliphatic rings. The third-order valence-electron chi connectivity index (χ3n) is 3.15. The number of hydrogen-bond donors (Lipinski definition) is 0. The minimum absolute atomic E-state index is 0.269. The molecule has 0 saturated carbocycles. The van der Waals surface area contributed by atoms with Gasteiger partial charge >= 0.3 is 10.1 Å². The lowest BCUT2D eigenvalue weighted by atomic mass is 10.0. The highest BCUT2D eigenvalue weighted by atomic mass is 32.2. The first-order valence-electron chi connectivity index (χ1n) is 6.91. The Balaban J connectivity index is 2.17. The van der Waals surface area contributed by atoms with E-state index in [1.54, 1.807) is 42.5 Å². The van der Waals surface area contributed by atoms with E-state index in [0.29, 0.717) is 22.8 Å². The van der Waals surface area contributed by atoms with Crippen LogP contribution in [-0.2, 0) is 15.9 Å². The third kappa shape index (κ3) is 4.34. The molecule has 0 fully saturated rings. The second-order valence-electron chi connectivity index (χ2n) is 5.32. The summed E-state index contributed by atoms with van der Waals surface area (Å²) < 4.78 is 29.4. The normalized spacial score (nSPS) is 11.2. The molecule has 0 atom stereocenters. The minimum Gasteiger partial charge on any atom is -0.382 e. The molecule has 0 amide bonds. The summed E-state index contributed by atoms with van der Waals surface area (Å²) in [5.41, 5.74) is 1.97. The first kappa shape index (κ1) is 16.1. The van der Waals surface area contributed by atoms with Crippen molar-refractivity contribution in [2.75, 3.05) is 0 Å². The van der Waals surface area contributed by atoms with E-state index in [9.17, 15) is 8.42 Å². The van der Waals surface area contributed by atoms with E-state index in [4.69, 9.17) is 9.44 Å². The third-order valence-corrected chi connectivity index (χ3v) is 4.28. The Bertz CT molecular complexity index is 805. The summed E-state index contributed by atoms with van der Waals surface area (Å²) in [6.45, 7) is 4.06. The summed E-state index contributed by atoms with van der Waals surface area (Å²) in [5.74, 6) is 0.329. The molecule has 0 spiro atoms. The second kappa shape index (κ2) is 6.63. The van der Waals surface area contributed by atoms with Crippen LogP contribution in [0.1, 0.15) is 36.5 Å². The lowest BCUT2D eigenvalue weighted by Gasteiger charge is -2.10. The van der Waals surface area contributed by atoms with Gasteiger partial charge in [0.2, 0.25) is 0 Å². The van der Waals surface area contributed by atoms with Crippen LogP contribution in [0.4, 0.5) is 0 Å². The van der Waals surface area contributed by atoms with Crippen molar-refractivity contribution in [2.24, 2.45) is 0 Å². The van der Waals surface area contributed by atoms with Gasteiger partial charge < -0.3 is 4.18 Å². The predicted molar refractivity (Wildman–Crippen MR) is 84.9 cm³/mol. The molecular formula is C17H17NO3S. The molecule has 4 nitrogen and oxygen atoms in total. The quantitative estimate of drug-likeness (QED) is 0.791. The van der Waals surface area contributed by atoms with Crippen LogP contribution < -0.4 is 4.18 Å². The Hall–Kier alpha value is -2.32. The van der Waals surface area contributed by atoms with Crippen LogP contribution in [0.3, 0.4) is 0 Å². The summed E-state index contributed by atoms with van der Waals surface area (Å²) in [7, 11) is -3.76. The molecule has 2 aromatic rings. The smallest absolute Gasteiger partial charge is 0.313 e. The Morgan fingerprint density at radius 3 is 2.55 bits per heavy atom. The number of benzene rings is 2. The maximum Gasteiger partial charge on any atom is 0.313 e. The second-order valence-corrected chi connectivity index (χ2v) is 6.90. The Labute approximate surface area is 131 Å². The number of hydrogen-bond acceptors (Lipinski definition) is 4. The van der Waals surface area contributed by atoms with E-state index in [1.165, 1.54) is 0 Å². The average molecular weight is 315 g/mol. The maximum absolute atomic E-state index is 12.1. The van der Waals surface area contributed by atoms with E-state index >= 15 is 0 Å². The summed E-state index contributed by atoms with van der Waals surface area (Å²) in [4.78, 5) is 0. The van der Waals surface area contributed by atoms with E-state index in [2.05, 4.69) is 0 Å². The molecule has 0 aliphatic heterocycles. The molecule has 2 rings (SSSR count). The van der Waals surface area contributed by atoms with E-state index in [-0.39, 0.29) is 5.75 Å². The topological polar surface area (TPSA) is 67.2 Å². The molecular weight excluding hydrogens is 298 g/mol. The molecule has 0 radical (unpaired) electrons. The zero-order chi connectivity index (χ0) is 16.2. The van der Waals surface area contributed by atoms with Gasteiger partial charge in [0.25, 0.3) is 0 Å². The van der Waals surface area contributed by atoms with Gasteiger partial charge in [0, 0.05) is 0 Å². The molecule has 2 aromatic carbocycles. The van der Waals surface area contributed by atoms with E-state index in [1.807, 2.05) is 26.0 Å². The van der Waals surface area contributed by atoms with Gasteiger partial charge in [0.15, 0.2) is 0 Å². The van der Waals surface area contributed by atoms with Gasteiger partial charge in [-0.2, -0.15) is 13.7 Å². The zero-order valence-corrected chi connectivity index (χ0v) is 13.3. The van der Waals surface area contributed by atoms with E-state index < -0.39 is 10.1 Å². The minimum atomic E-state index is -3.76. The highest BCUT2D eigenvalue weighted by Crippen LogP contribution is 2.22. The van der Waals surface area contributed by atoms with Crippen molar-refractivity contribution in [1.82, 2.24) is 0 Å². The fraction of sp³-hybridized carbons (Fsp3) is 0.235. The Morgan fingerprint density at radius 1 is 1.14 bits per heavy atom. The fourth-order valence-corrected chi connectivity index (χ4v) is 3.08. The van der Waals surface area contributed by atoms with Crippen molar-refractivity contribution in [1.29, 1.82) is 5.26 Å². The summed E-state index contributed by atoms with van der Waals surface area (Å²) in [6.07, 6.45) is 0. The highest BCUT2D eigenvalue weighted by Gasteiger charge is 2.15. The van der Waals surface area contributed by atoms with Crippen molar-refractivity contribution in [3.8, 4) is 11.8 Å². The molecule has 0 heterocycles. The number of rotatable bonds is 5. The lowest BCUT2D eigenvalue weighted by Crippen LogP contribution is -2.12. The van der Waals surface area contributed by atoms with E-state index in [0.717, 1.165) is 5.56 Å². The van der Waals surface area contributed by atoms with Gasteiger partial charge in [0.1, 0.15) is 11.5 Å². The first-order chi connectivity index (χ1) is 10.4. The molecule has 0 N–H and O–H groups in total. The largest absolute Gasteiger partial charge is 0.382 e. The van der Waals surface area contributed by atoms with Crippen LogP contribution >= 0.6 is 0 Å². The molecule has 5 heteroatoms. The van der Waals surface area contributed by atoms with Crippen molar-refractivity contribution in [3.05, 3.63) is 65.2 Å². The first-order valence-corrected chi connectivity index (χ1v) is 8.48. The molecule has 0 unspecified atom stereocenters. The van der Waals surface area contributed by atoms with Crippen molar-refractivity contribution in [3.63, 3.8) is 0 Å². The van der Waals surface area contributed by atoms with Gasteiger partial charge in [-0.25, -0.2) is 0 Å². The van der Waals surface area contributed by atoms with Crippen molar-refractivity contribution >= 4 is 10.1 Å². The van der Waals surface area contributed by atoms with Crippen molar-refractivity contribution in [2.45, 2.75) is 25.5 Å².